The van der Waals surface area contributed by atoms with Crippen LogP contribution < -0.4 is 0 Å². The minimum atomic E-state index is -0.988. The molecule has 1 N–H and O–H groups in total. The minimum absolute atomic E-state index is 0.141. The molecule has 1 unspecified atom stereocenters. The van der Waals surface area contributed by atoms with E-state index in [0.29, 0.717) is 12.0 Å². The normalized spacial score (nSPS) is 12.8. The number of carbonyl (C=O) groups excluding carboxylic acids is 2. The summed E-state index contributed by atoms with van der Waals surface area (Å²) < 4.78 is 9.96. The predicted molar refractivity (Wildman–Crippen MR) is 118 cm³/mol. The number of hydrogen-bond acceptors (Lipinski definition) is 5. The summed E-state index contributed by atoms with van der Waals surface area (Å²) in [6.45, 7) is 7.65. The van der Waals surface area contributed by atoms with E-state index in [1.807, 2.05) is 0 Å². The number of ether oxygens (including phenoxy) is 2. The minimum Gasteiger partial charge on any atom is -0.463 e. The second kappa shape index (κ2) is 18.7. The Hall–Kier alpha value is -1.36. The van der Waals surface area contributed by atoms with E-state index >= 15 is 0 Å². The van der Waals surface area contributed by atoms with Gasteiger partial charge in [-0.05, 0) is 26.2 Å². The Balaban J connectivity index is 3.44. The maximum absolute atomic E-state index is 11.7. The van der Waals surface area contributed by atoms with E-state index in [1.54, 1.807) is 19.9 Å². The molecule has 0 fully saturated rings. The van der Waals surface area contributed by atoms with Crippen molar-refractivity contribution >= 4 is 11.9 Å². The average molecular weight is 413 g/mol. The van der Waals surface area contributed by atoms with E-state index in [-0.39, 0.29) is 19.2 Å². The topological polar surface area (TPSA) is 72.8 Å². The van der Waals surface area contributed by atoms with Crippen molar-refractivity contribution in [3.05, 3.63) is 11.6 Å². The molecule has 0 aliphatic rings. The first-order valence-electron chi connectivity index (χ1n) is 11.5. The van der Waals surface area contributed by atoms with Gasteiger partial charge in [-0.1, -0.05) is 84.1 Å². The molecule has 0 amide bonds. The Labute approximate surface area is 178 Å². The summed E-state index contributed by atoms with van der Waals surface area (Å²) in [4.78, 5) is 23.1. The third kappa shape index (κ3) is 18.4. The molecule has 170 valence electrons. The van der Waals surface area contributed by atoms with Crippen LogP contribution >= 0.6 is 0 Å². The largest absolute Gasteiger partial charge is 0.463 e. The smallest absolute Gasteiger partial charge is 0.333 e. The van der Waals surface area contributed by atoms with Crippen molar-refractivity contribution in [2.45, 2.75) is 111 Å². The van der Waals surface area contributed by atoms with Crippen LogP contribution in [0.25, 0.3) is 0 Å². The molecule has 0 aliphatic carbocycles. The molecule has 1 atom stereocenters. The second-order valence-corrected chi connectivity index (χ2v) is 8.38. The van der Waals surface area contributed by atoms with Crippen LogP contribution in [-0.4, -0.2) is 36.4 Å². The predicted octanol–water partition coefficient (Wildman–Crippen LogP) is 5.74. The highest BCUT2D eigenvalue weighted by Gasteiger charge is 2.12. The van der Waals surface area contributed by atoms with Gasteiger partial charge in [0.25, 0.3) is 0 Å². The van der Waals surface area contributed by atoms with Crippen LogP contribution in [0.3, 0.4) is 0 Å². The summed E-state index contributed by atoms with van der Waals surface area (Å²) in [5.41, 5.74) is 0.482. The molecule has 0 saturated carbocycles. The number of unbranched alkanes of at least 4 members (excludes halogenated alkanes) is 9. The molecule has 0 heterocycles. The summed E-state index contributed by atoms with van der Waals surface area (Å²) in [7, 11) is 0. The van der Waals surface area contributed by atoms with Gasteiger partial charge in [-0.2, -0.15) is 0 Å². The standard InChI is InChI=1S/C24H44O5/c1-5-21(4)24(27)29-19-22(25)18-28-23(26)17-15-13-11-9-7-6-8-10-12-14-16-20(2)3/h5,20,22,25H,6-19H2,1-4H3. The van der Waals surface area contributed by atoms with Gasteiger partial charge in [0.05, 0.1) is 0 Å². The number of esters is 2. The Morgan fingerprint density at radius 2 is 1.31 bits per heavy atom. The SMILES string of the molecule is CC=C(C)C(=O)OCC(O)COC(=O)CCCCCCCCCCCCC(C)C. The molecular formula is C24H44O5. The van der Waals surface area contributed by atoms with Crippen LogP contribution in [0.5, 0.6) is 0 Å². The fourth-order valence-corrected chi connectivity index (χ4v) is 2.95. The van der Waals surface area contributed by atoms with Gasteiger partial charge < -0.3 is 14.6 Å². The lowest BCUT2D eigenvalue weighted by Crippen LogP contribution is -2.25. The van der Waals surface area contributed by atoms with Crippen LogP contribution in [0.4, 0.5) is 0 Å². The number of carbonyl (C=O) groups is 2. The Morgan fingerprint density at radius 3 is 1.83 bits per heavy atom. The van der Waals surface area contributed by atoms with Gasteiger partial charge in [0.2, 0.25) is 0 Å². The molecule has 0 radical (unpaired) electrons. The molecule has 5 heteroatoms. The third-order valence-corrected chi connectivity index (χ3v) is 5.01. The highest BCUT2D eigenvalue weighted by Crippen LogP contribution is 2.14. The zero-order chi connectivity index (χ0) is 21.9. The first-order valence-corrected chi connectivity index (χ1v) is 11.5. The van der Waals surface area contributed by atoms with Crippen molar-refractivity contribution in [2.75, 3.05) is 13.2 Å². The van der Waals surface area contributed by atoms with E-state index in [1.165, 1.54) is 51.4 Å². The molecule has 0 saturated heterocycles. The number of aliphatic hydroxyl groups is 1. The average Bonchev–Trinajstić information content (AvgIpc) is 2.70. The van der Waals surface area contributed by atoms with E-state index < -0.39 is 12.1 Å². The van der Waals surface area contributed by atoms with E-state index in [9.17, 15) is 14.7 Å². The molecule has 0 aromatic heterocycles. The van der Waals surface area contributed by atoms with Gasteiger partial charge in [-0.25, -0.2) is 4.79 Å². The van der Waals surface area contributed by atoms with Crippen molar-refractivity contribution in [3.8, 4) is 0 Å². The van der Waals surface area contributed by atoms with Gasteiger partial charge in [-0.3, -0.25) is 4.79 Å². The van der Waals surface area contributed by atoms with Gasteiger partial charge in [-0.15, -0.1) is 0 Å². The molecule has 0 aliphatic heterocycles. The van der Waals surface area contributed by atoms with E-state index in [0.717, 1.165) is 25.2 Å². The summed E-state index contributed by atoms with van der Waals surface area (Å²) in [6.07, 6.45) is 14.7. The zero-order valence-electron chi connectivity index (χ0n) is 19.2. The van der Waals surface area contributed by atoms with Crippen molar-refractivity contribution in [1.29, 1.82) is 0 Å². The van der Waals surface area contributed by atoms with Crippen LogP contribution in [0.2, 0.25) is 0 Å². The maximum Gasteiger partial charge on any atom is 0.333 e. The van der Waals surface area contributed by atoms with Crippen LogP contribution in [0.15, 0.2) is 11.6 Å². The highest BCUT2D eigenvalue weighted by molar-refractivity contribution is 5.87. The van der Waals surface area contributed by atoms with Gasteiger partial charge in [0.15, 0.2) is 0 Å². The maximum atomic E-state index is 11.7. The first-order chi connectivity index (χ1) is 13.9. The van der Waals surface area contributed by atoms with Gasteiger partial charge in [0, 0.05) is 12.0 Å². The lowest BCUT2D eigenvalue weighted by Gasteiger charge is -2.12. The summed E-state index contributed by atoms with van der Waals surface area (Å²) in [6, 6.07) is 0. The molecule has 0 bridgehead atoms. The molecular weight excluding hydrogens is 368 g/mol. The number of hydrogen-bond donors (Lipinski definition) is 1. The molecule has 5 nitrogen and oxygen atoms in total. The Bertz CT molecular complexity index is 456. The number of allylic oxidation sites excluding steroid dienone is 1. The third-order valence-electron chi connectivity index (χ3n) is 5.01. The fourth-order valence-electron chi connectivity index (χ4n) is 2.95. The number of rotatable bonds is 18. The highest BCUT2D eigenvalue weighted by atomic mass is 16.6. The van der Waals surface area contributed by atoms with Crippen molar-refractivity contribution < 1.29 is 24.2 Å². The Kier molecular flexibility index (Phi) is 17.8. The fraction of sp³-hybridized carbons (Fsp3) is 0.833. The summed E-state index contributed by atoms with van der Waals surface area (Å²) in [5, 5.41) is 9.71. The second-order valence-electron chi connectivity index (χ2n) is 8.38. The zero-order valence-corrected chi connectivity index (χ0v) is 19.2. The van der Waals surface area contributed by atoms with Gasteiger partial charge in [0.1, 0.15) is 19.3 Å². The van der Waals surface area contributed by atoms with Crippen LogP contribution in [0, 0.1) is 5.92 Å². The molecule has 29 heavy (non-hydrogen) atoms. The quantitative estimate of drug-likeness (QED) is 0.177. The van der Waals surface area contributed by atoms with Crippen molar-refractivity contribution in [1.82, 2.24) is 0 Å². The van der Waals surface area contributed by atoms with Crippen molar-refractivity contribution in [3.63, 3.8) is 0 Å². The summed E-state index contributed by atoms with van der Waals surface area (Å²) in [5.74, 6) is 0.0555. The van der Waals surface area contributed by atoms with Gasteiger partial charge >= 0.3 is 11.9 Å². The molecule has 0 aromatic rings. The lowest BCUT2D eigenvalue weighted by atomic mass is 10.0. The Morgan fingerprint density at radius 1 is 0.828 bits per heavy atom. The van der Waals surface area contributed by atoms with E-state index in [4.69, 9.17) is 9.47 Å². The number of aliphatic hydroxyl groups excluding tert-OH is 1. The molecule has 0 spiro atoms. The van der Waals surface area contributed by atoms with Crippen molar-refractivity contribution in [2.24, 2.45) is 5.92 Å². The molecule has 0 aromatic carbocycles. The van der Waals surface area contributed by atoms with Crippen LogP contribution in [0.1, 0.15) is 105 Å². The molecule has 0 rings (SSSR count). The summed E-state index contributed by atoms with van der Waals surface area (Å²) >= 11 is 0. The van der Waals surface area contributed by atoms with Crippen LogP contribution in [-0.2, 0) is 19.1 Å². The van der Waals surface area contributed by atoms with E-state index in [2.05, 4.69) is 13.8 Å². The lowest BCUT2D eigenvalue weighted by molar-refractivity contribution is -0.150. The first kappa shape index (κ1) is 27.6. The monoisotopic (exact) mass is 412 g/mol.